The number of anilines is 2. The van der Waals surface area contributed by atoms with Crippen molar-refractivity contribution >= 4 is 11.6 Å². The van der Waals surface area contributed by atoms with Gasteiger partial charge in [-0.05, 0) is 36.8 Å². The van der Waals surface area contributed by atoms with E-state index in [1.807, 2.05) is 6.92 Å². The topological polar surface area (TPSA) is 74.2 Å². The van der Waals surface area contributed by atoms with Gasteiger partial charge in [0.25, 0.3) is 0 Å². The van der Waals surface area contributed by atoms with E-state index in [2.05, 4.69) is 4.98 Å². The summed E-state index contributed by atoms with van der Waals surface area (Å²) in [6.45, 7) is 2.56. The molecule has 0 atom stereocenters. The largest absolute Gasteiger partial charge is 0.493 e. The van der Waals surface area contributed by atoms with Crippen LogP contribution < -0.4 is 16.2 Å². The Bertz CT molecular complexity index is 587. The van der Waals surface area contributed by atoms with Gasteiger partial charge in [-0.25, -0.2) is 9.37 Å². The highest BCUT2D eigenvalue weighted by atomic mass is 19.1. The first-order valence-corrected chi connectivity index (χ1v) is 6.06. The van der Waals surface area contributed by atoms with Crippen molar-refractivity contribution in [1.82, 2.24) is 4.98 Å². The minimum Gasteiger partial charge on any atom is -0.493 e. The molecule has 0 unspecified atom stereocenters. The maximum Gasteiger partial charge on any atom is 0.133 e. The van der Waals surface area contributed by atoms with E-state index in [1.165, 1.54) is 12.1 Å². The van der Waals surface area contributed by atoms with Gasteiger partial charge in [-0.15, -0.1) is 0 Å². The first-order valence-electron chi connectivity index (χ1n) is 6.06. The Labute approximate surface area is 111 Å². The number of hydrogen-bond acceptors (Lipinski definition) is 4. The molecule has 1 aromatic heterocycles. The van der Waals surface area contributed by atoms with Crippen LogP contribution in [0, 0.1) is 5.82 Å². The van der Waals surface area contributed by atoms with E-state index in [0.717, 1.165) is 6.42 Å². The van der Waals surface area contributed by atoms with E-state index in [9.17, 15) is 4.39 Å². The summed E-state index contributed by atoms with van der Waals surface area (Å²) in [6.07, 6.45) is 0.867. The predicted molar refractivity (Wildman–Crippen MR) is 74.2 cm³/mol. The zero-order valence-electron chi connectivity index (χ0n) is 10.7. The quantitative estimate of drug-likeness (QED) is 0.887. The lowest BCUT2D eigenvalue weighted by Gasteiger charge is -2.12. The Hall–Kier alpha value is -2.30. The SMILES string of the molecule is CCCOc1ccc(F)cc1-c1ccc(N)nc1N. The van der Waals surface area contributed by atoms with Gasteiger partial charge in [0.15, 0.2) is 0 Å². The Kier molecular flexibility index (Phi) is 3.85. The number of ether oxygens (including phenoxy) is 1. The fourth-order valence-corrected chi connectivity index (χ4v) is 1.77. The minimum atomic E-state index is -0.352. The van der Waals surface area contributed by atoms with Gasteiger partial charge in [0.1, 0.15) is 23.2 Å². The number of aromatic nitrogens is 1. The minimum absolute atomic E-state index is 0.256. The highest BCUT2D eigenvalue weighted by Crippen LogP contribution is 2.34. The van der Waals surface area contributed by atoms with Gasteiger partial charge in [0.2, 0.25) is 0 Å². The zero-order valence-corrected chi connectivity index (χ0v) is 10.7. The Balaban J connectivity index is 2.49. The van der Waals surface area contributed by atoms with Crippen molar-refractivity contribution in [3.8, 4) is 16.9 Å². The van der Waals surface area contributed by atoms with Crippen LogP contribution in [0.3, 0.4) is 0 Å². The zero-order chi connectivity index (χ0) is 13.8. The Morgan fingerprint density at radius 1 is 1.16 bits per heavy atom. The molecule has 0 aliphatic rings. The number of halogens is 1. The number of nitrogens with two attached hydrogens (primary N) is 2. The summed E-state index contributed by atoms with van der Waals surface area (Å²) in [6, 6.07) is 7.67. The number of nitrogens with zero attached hydrogens (tertiary/aromatic N) is 1. The molecule has 19 heavy (non-hydrogen) atoms. The van der Waals surface area contributed by atoms with E-state index in [4.69, 9.17) is 16.2 Å². The maximum absolute atomic E-state index is 13.4. The van der Waals surface area contributed by atoms with Crippen molar-refractivity contribution in [2.45, 2.75) is 13.3 Å². The number of nitrogen functional groups attached to an aromatic ring is 2. The number of hydrogen-bond donors (Lipinski definition) is 2. The average Bonchev–Trinajstić information content (AvgIpc) is 2.37. The molecule has 4 nitrogen and oxygen atoms in total. The lowest BCUT2D eigenvalue weighted by atomic mass is 10.1. The van der Waals surface area contributed by atoms with Crippen LogP contribution in [0.1, 0.15) is 13.3 Å². The second-order valence-electron chi connectivity index (χ2n) is 4.16. The molecule has 0 amide bonds. The molecular weight excluding hydrogens is 245 g/mol. The molecule has 0 fully saturated rings. The van der Waals surface area contributed by atoms with Gasteiger partial charge in [0.05, 0.1) is 6.61 Å². The van der Waals surface area contributed by atoms with Crippen molar-refractivity contribution in [1.29, 1.82) is 0 Å². The van der Waals surface area contributed by atoms with Gasteiger partial charge in [-0.2, -0.15) is 0 Å². The van der Waals surface area contributed by atoms with E-state index in [1.54, 1.807) is 18.2 Å². The number of pyridine rings is 1. The summed E-state index contributed by atoms with van der Waals surface area (Å²) < 4.78 is 19.0. The molecule has 0 aliphatic heterocycles. The van der Waals surface area contributed by atoms with Crippen LogP contribution in [0.15, 0.2) is 30.3 Å². The molecule has 100 valence electrons. The lowest BCUT2D eigenvalue weighted by Crippen LogP contribution is -2.01. The van der Waals surface area contributed by atoms with Gasteiger partial charge in [-0.1, -0.05) is 6.92 Å². The molecule has 0 aliphatic carbocycles. The third-order valence-corrected chi connectivity index (χ3v) is 2.64. The third-order valence-electron chi connectivity index (χ3n) is 2.64. The molecule has 1 heterocycles. The van der Waals surface area contributed by atoms with Crippen LogP contribution in [0.4, 0.5) is 16.0 Å². The van der Waals surface area contributed by atoms with Crippen LogP contribution in [-0.4, -0.2) is 11.6 Å². The second-order valence-corrected chi connectivity index (χ2v) is 4.16. The number of benzene rings is 1. The fraction of sp³-hybridized carbons (Fsp3) is 0.214. The van der Waals surface area contributed by atoms with Crippen LogP contribution in [0.2, 0.25) is 0 Å². The molecule has 0 saturated carbocycles. The Morgan fingerprint density at radius 2 is 1.95 bits per heavy atom. The monoisotopic (exact) mass is 261 g/mol. The second kappa shape index (κ2) is 5.56. The summed E-state index contributed by atoms with van der Waals surface area (Å²) in [5.74, 6) is 0.817. The van der Waals surface area contributed by atoms with Crippen LogP contribution in [0.5, 0.6) is 5.75 Å². The van der Waals surface area contributed by atoms with Crippen molar-refractivity contribution in [2.75, 3.05) is 18.1 Å². The molecule has 0 radical (unpaired) electrons. The molecule has 2 rings (SSSR count). The van der Waals surface area contributed by atoms with Gasteiger partial charge < -0.3 is 16.2 Å². The van der Waals surface area contributed by atoms with Gasteiger partial charge in [0, 0.05) is 11.1 Å². The standard InChI is InChI=1S/C14H16FN3O/c1-2-7-19-12-5-3-9(15)8-11(12)10-4-6-13(16)18-14(10)17/h3-6,8H,2,7H2,1H3,(H4,16,17,18). The van der Waals surface area contributed by atoms with Crippen molar-refractivity contribution in [2.24, 2.45) is 0 Å². The average molecular weight is 261 g/mol. The van der Waals surface area contributed by atoms with E-state index in [0.29, 0.717) is 29.3 Å². The molecule has 0 bridgehead atoms. The van der Waals surface area contributed by atoms with Crippen LogP contribution >= 0.6 is 0 Å². The van der Waals surface area contributed by atoms with Gasteiger partial charge in [-0.3, -0.25) is 0 Å². The van der Waals surface area contributed by atoms with E-state index in [-0.39, 0.29) is 11.6 Å². The van der Waals surface area contributed by atoms with Crippen molar-refractivity contribution < 1.29 is 9.13 Å². The van der Waals surface area contributed by atoms with Crippen molar-refractivity contribution in [3.63, 3.8) is 0 Å². The summed E-state index contributed by atoms with van der Waals surface area (Å²) in [4.78, 5) is 3.98. The van der Waals surface area contributed by atoms with Crippen LogP contribution in [-0.2, 0) is 0 Å². The number of rotatable bonds is 4. The summed E-state index contributed by atoms with van der Waals surface area (Å²) >= 11 is 0. The highest BCUT2D eigenvalue weighted by molar-refractivity contribution is 5.79. The molecule has 4 N–H and O–H groups in total. The molecule has 0 saturated heterocycles. The lowest BCUT2D eigenvalue weighted by molar-refractivity contribution is 0.318. The highest BCUT2D eigenvalue weighted by Gasteiger charge is 2.12. The summed E-state index contributed by atoms with van der Waals surface area (Å²) in [5.41, 5.74) is 12.6. The molecule has 1 aromatic carbocycles. The molecule has 2 aromatic rings. The molecular formula is C14H16FN3O. The maximum atomic E-state index is 13.4. The fourth-order valence-electron chi connectivity index (χ4n) is 1.77. The van der Waals surface area contributed by atoms with Gasteiger partial charge >= 0.3 is 0 Å². The normalized spacial score (nSPS) is 10.4. The van der Waals surface area contributed by atoms with Crippen molar-refractivity contribution in [3.05, 3.63) is 36.1 Å². The summed E-state index contributed by atoms with van der Waals surface area (Å²) in [7, 11) is 0. The summed E-state index contributed by atoms with van der Waals surface area (Å²) in [5, 5.41) is 0. The van der Waals surface area contributed by atoms with E-state index >= 15 is 0 Å². The van der Waals surface area contributed by atoms with Crippen LogP contribution in [0.25, 0.3) is 11.1 Å². The Morgan fingerprint density at radius 3 is 2.63 bits per heavy atom. The first kappa shape index (κ1) is 13.1. The molecule has 0 spiro atoms. The third kappa shape index (κ3) is 2.93. The van der Waals surface area contributed by atoms with E-state index < -0.39 is 0 Å². The first-order chi connectivity index (χ1) is 9.11. The molecule has 5 heteroatoms. The predicted octanol–water partition coefficient (Wildman–Crippen LogP) is 2.84. The smallest absolute Gasteiger partial charge is 0.133 e.